The number of rotatable bonds is 10. The monoisotopic (exact) mass is 320 g/mol. The van der Waals surface area contributed by atoms with E-state index in [1.54, 1.807) is 0 Å². The Bertz CT molecular complexity index is 465. The number of benzene rings is 1. The Morgan fingerprint density at radius 2 is 2.04 bits per heavy atom. The number of nitrogens with zero attached hydrogens (tertiary/aromatic N) is 1. The van der Waals surface area contributed by atoms with Gasteiger partial charge in [-0.3, -0.25) is 4.90 Å². The topological polar surface area (TPSA) is 33.7 Å². The fourth-order valence-corrected chi connectivity index (χ4v) is 3.19. The van der Waals surface area contributed by atoms with Crippen molar-refractivity contribution in [3.8, 4) is 11.5 Å². The van der Waals surface area contributed by atoms with E-state index < -0.39 is 0 Å². The van der Waals surface area contributed by atoms with Gasteiger partial charge in [0.2, 0.25) is 0 Å². The minimum absolute atomic E-state index is 0.660. The zero-order valence-corrected chi connectivity index (χ0v) is 14.9. The highest BCUT2D eigenvalue weighted by Gasteiger charge is 2.22. The van der Waals surface area contributed by atoms with Gasteiger partial charge < -0.3 is 14.8 Å². The van der Waals surface area contributed by atoms with Crippen molar-refractivity contribution in [2.24, 2.45) is 0 Å². The Morgan fingerprint density at radius 3 is 2.78 bits per heavy atom. The molecule has 0 spiro atoms. The highest BCUT2D eigenvalue weighted by atomic mass is 16.5. The third-order valence-electron chi connectivity index (χ3n) is 4.38. The first-order chi connectivity index (χ1) is 11.3. The minimum atomic E-state index is 0.660. The lowest BCUT2D eigenvalue weighted by Crippen LogP contribution is -2.37. The van der Waals surface area contributed by atoms with E-state index in [0.717, 1.165) is 44.2 Å². The summed E-state index contributed by atoms with van der Waals surface area (Å²) in [5.41, 5.74) is 1.25. The number of hydrogen-bond acceptors (Lipinski definition) is 4. The molecule has 1 saturated heterocycles. The van der Waals surface area contributed by atoms with Crippen molar-refractivity contribution in [2.45, 2.75) is 52.6 Å². The highest BCUT2D eigenvalue weighted by Crippen LogP contribution is 2.28. The third kappa shape index (κ3) is 5.40. The maximum atomic E-state index is 5.76. The largest absolute Gasteiger partial charge is 0.490 e. The average molecular weight is 320 g/mol. The summed E-state index contributed by atoms with van der Waals surface area (Å²) in [6.07, 6.45) is 3.65. The molecule has 1 aromatic carbocycles. The average Bonchev–Trinajstić information content (AvgIpc) is 3.02. The molecule has 0 saturated carbocycles. The van der Waals surface area contributed by atoms with E-state index >= 15 is 0 Å². The van der Waals surface area contributed by atoms with E-state index in [1.807, 2.05) is 13.0 Å². The Balaban J connectivity index is 1.88. The van der Waals surface area contributed by atoms with Crippen LogP contribution in [0.1, 0.15) is 45.6 Å². The van der Waals surface area contributed by atoms with Crippen LogP contribution in [0.2, 0.25) is 0 Å². The zero-order chi connectivity index (χ0) is 16.5. The van der Waals surface area contributed by atoms with Crippen molar-refractivity contribution >= 4 is 0 Å². The first-order valence-corrected chi connectivity index (χ1v) is 9.11. The summed E-state index contributed by atoms with van der Waals surface area (Å²) >= 11 is 0. The second-order valence-corrected chi connectivity index (χ2v) is 6.12. The molecule has 0 radical (unpaired) electrons. The van der Waals surface area contributed by atoms with E-state index in [9.17, 15) is 0 Å². The standard InChI is InChI=1S/C19H32N2O2/c1-4-12-23-18-10-9-16(13-19(18)22-6-3)14-20-15-17-8-7-11-21(17)5-2/h9-10,13,17,20H,4-8,11-12,14-15H2,1-3H3/t17-/m0/s1. The summed E-state index contributed by atoms with van der Waals surface area (Å²) in [6.45, 7) is 12.1. The Morgan fingerprint density at radius 1 is 1.17 bits per heavy atom. The molecule has 0 aromatic heterocycles. The zero-order valence-electron chi connectivity index (χ0n) is 14.9. The normalized spacial score (nSPS) is 18.3. The Hall–Kier alpha value is -1.26. The highest BCUT2D eigenvalue weighted by molar-refractivity contribution is 5.43. The molecule has 4 heteroatoms. The van der Waals surface area contributed by atoms with E-state index in [4.69, 9.17) is 9.47 Å². The van der Waals surface area contributed by atoms with Gasteiger partial charge in [-0.1, -0.05) is 19.9 Å². The van der Waals surface area contributed by atoms with Gasteiger partial charge in [-0.25, -0.2) is 0 Å². The molecule has 130 valence electrons. The van der Waals surface area contributed by atoms with Crippen LogP contribution in [0, 0.1) is 0 Å². The second-order valence-electron chi connectivity index (χ2n) is 6.12. The molecule has 1 heterocycles. The lowest BCUT2D eigenvalue weighted by Gasteiger charge is -2.23. The lowest BCUT2D eigenvalue weighted by molar-refractivity contribution is 0.259. The predicted molar refractivity (Wildman–Crippen MR) is 95.4 cm³/mol. The van der Waals surface area contributed by atoms with Crippen LogP contribution in [-0.4, -0.2) is 43.8 Å². The second kappa shape index (κ2) is 9.78. The van der Waals surface area contributed by atoms with E-state index in [-0.39, 0.29) is 0 Å². The van der Waals surface area contributed by atoms with Gasteiger partial charge in [0.05, 0.1) is 13.2 Å². The smallest absolute Gasteiger partial charge is 0.161 e. The van der Waals surface area contributed by atoms with Crippen LogP contribution in [0.3, 0.4) is 0 Å². The van der Waals surface area contributed by atoms with Crippen LogP contribution in [0.5, 0.6) is 11.5 Å². The molecular weight excluding hydrogens is 288 g/mol. The number of likely N-dealkylation sites (tertiary alicyclic amines) is 1. The lowest BCUT2D eigenvalue weighted by atomic mass is 10.1. The molecular formula is C19H32N2O2. The predicted octanol–water partition coefficient (Wildman–Crippen LogP) is 3.45. The number of ether oxygens (including phenoxy) is 2. The molecule has 23 heavy (non-hydrogen) atoms. The van der Waals surface area contributed by atoms with Crippen molar-refractivity contribution in [2.75, 3.05) is 32.8 Å². The summed E-state index contributed by atoms with van der Waals surface area (Å²) in [5, 5.41) is 3.60. The van der Waals surface area contributed by atoms with Gasteiger partial charge in [-0.05, 0) is 57.0 Å². The van der Waals surface area contributed by atoms with Crippen LogP contribution in [0.25, 0.3) is 0 Å². The van der Waals surface area contributed by atoms with Crippen LogP contribution in [-0.2, 0) is 6.54 Å². The molecule has 1 aliphatic heterocycles. The van der Waals surface area contributed by atoms with Crippen molar-refractivity contribution < 1.29 is 9.47 Å². The van der Waals surface area contributed by atoms with Crippen molar-refractivity contribution in [1.82, 2.24) is 10.2 Å². The molecule has 4 nitrogen and oxygen atoms in total. The maximum absolute atomic E-state index is 5.76. The first kappa shape index (κ1) is 18.1. The van der Waals surface area contributed by atoms with Gasteiger partial charge in [0.1, 0.15) is 0 Å². The first-order valence-electron chi connectivity index (χ1n) is 9.11. The molecule has 1 fully saturated rings. The molecule has 0 aliphatic carbocycles. The maximum Gasteiger partial charge on any atom is 0.161 e. The summed E-state index contributed by atoms with van der Waals surface area (Å²) in [6, 6.07) is 6.96. The van der Waals surface area contributed by atoms with Gasteiger partial charge >= 0.3 is 0 Å². The molecule has 0 amide bonds. The molecule has 1 atom stereocenters. The van der Waals surface area contributed by atoms with Crippen molar-refractivity contribution in [3.63, 3.8) is 0 Å². The molecule has 0 unspecified atom stereocenters. The molecule has 1 aromatic rings. The quantitative estimate of drug-likeness (QED) is 0.716. The van der Waals surface area contributed by atoms with Crippen LogP contribution in [0.4, 0.5) is 0 Å². The van der Waals surface area contributed by atoms with Crippen molar-refractivity contribution in [3.05, 3.63) is 23.8 Å². The van der Waals surface area contributed by atoms with Gasteiger partial charge in [-0.2, -0.15) is 0 Å². The molecule has 1 aliphatic rings. The van der Waals surface area contributed by atoms with Gasteiger partial charge in [0.15, 0.2) is 11.5 Å². The number of hydrogen-bond donors (Lipinski definition) is 1. The third-order valence-corrected chi connectivity index (χ3v) is 4.38. The fourth-order valence-electron chi connectivity index (χ4n) is 3.19. The minimum Gasteiger partial charge on any atom is -0.490 e. The van der Waals surface area contributed by atoms with Gasteiger partial charge in [0, 0.05) is 19.1 Å². The van der Waals surface area contributed by atoms with Crippen LogP contribution >= 0.6 is 0 Å². The summed E-state index contributed by atoms with van der Waals surface area (Å²) in [5.74, 6) is 1.71. The van der Waals surface area contributed by atoms with E-state index in [2.05, 4.69) is 36.2 Å². The molecule has 0 bridgehead atoms. The fraction of sp³-hybridized carbons (Fsp3) is 0.684. The Labute approximate surface area is 141 Å². The van der Waals surface area contributed by atoms with Crippen LogP contribution in [0.15, 0.2) is 18.2 Å². The van der Waals surface area contributed by atoms with Gasteiger partial charge in [0.25, 0.3) is 0 Å². The summed E-state index contributed by atoms with van der Waals surface area (Å²) < 4.78 is 11.5. The molecule has 2 rings (SSSR count). The van der Waals surface area contributed by atoms with E-state index in [1.165, 1.54) is 24.9 Å². The number of nitrogens with one attached hydrogen (secondary N) is 1. The Kier molecular flexibility index (Phi) is 7.69. The summed E-state index contributed by atoms with van der Waals surface area (Å²) in [4.78, 5) is 2.57. The molecule has 1 N–H and O–H groups in total. The van der Waals surface area contributed by atoms with E-state index in [0.29, 0.717) is 12.6 Å². The van der Waals surface area contributed by atoms with Gasteiger partial charge in [-0.15, -0.1) is 0 Å². The van der Waals surface area contributed by atoms with Crippen LogP contribution < -0.4 is 14.8 Å². The van der Waals surface area contributed by atoms with Crippen molar-refractivity contribution in [1.29, 1.82) is 0 Å². The summed E-state index contributed by atoms with van der Waals surface area (Å²) in [7, 11) is 0. The number of likely N-dealkylation sites (N-methyl/N-ethyl adjacent to an activating group) is 1. The SMILES string of the molecule is CCCOc1ccc(CNC[C@@H]2CCCN2CC)cc1OCC.